The normalized spacial score (nSPS) is 38.6. The molecular formula is C13H22F3O4Rf2-. The molecule has 9 heteroatoms. The van der Waals surface area contributed by atoms with E-state index in [2.05, 4.69) is 9.47 Å². The molecule has 0 aromatic carbocycles. The van der Waals surface area contributed by atoms with E-state index < -0.39 is 24.2 Å². The van der Waals surface area contributed by atoms with Crippen molar-refractivity contribution in [3.63, 3.8) is 0 Å². The van der Waals surface area contributed by atoms with Crippen LogP contribution in [-0.4, -0.2) is 36.4 Å². The summed E-state index contributed by atoms with van der Waals surface area (Å²) >= 11 is 0. The van der Waals surface area contributed by atoms with E-state index in [1.165, 1.54) is 0 Å². The monoisotopic (exact) mass is 833 g/mol. The second-order valence-corrected chi connectivity index (χ2v) is 5.23. The van der Waals surface area contributed by atoms with Crippen LogP contribution >= 0.6 is 0 Å². The molecule has 0 aliphatic carbocycles. The molecule has 4 unspecified atom stereocenters. The number of hydrogen-bond donors (Lipinski definition) is 0. The topological polar surface area (TPSA) is 36.9 Å². The minimum Gasteiger partial charge on any atom is -0.518 e. The van der Waals surface area contributed by atoms with Crippen LogP contribution in [0.1, 0.15) is 41.5 Å². The van der Waals surface area contributed by atoms with Crippen LogP contribution in [0.5, 0.6) is 0 Å². The summed E-state index contributed by atoms with van der Waals surface area (Å²) in [5.74, 6) is -2.42. The molecule has 0 aromatic heterocycles. The van der Waals surface area contributed by atoms with Gasteiger partial charge in [-0.1, -0.05) is 6.29 Å². The first-order valence-corrected chi connectivity index (χ1v) is 6.55. The zero-order chi connectivity index (χ0) is 15.7. The molecule has 2 rings (SSSR count). The SMILES string of the molecule is CC1OC(C)(C(F)(F)F)OC1C.C[C-]1OC(C)C(C)O1.[Rf].[Rf]. The van der Waals surface area contributed by atoms with E-state index in [9.17, 15) is 13.2 Å². The molecule has 2 heterocycles. The maximum Gasteiger partial charge on any atom is 0.442 e. The van der Waals surface area contributed by atoms with Gasteiger partial charge in [0.05, 0.1) is 12.2 Å². The summed E-state index contributed by atoms with van der Waals surface area (Å²) in [4.78, 5) is 0. The van der Waals surface area contributed by atoms with Crippen molar-refractivity contribution in [2.24, 2.45) is 0 Å². The van der Waals surface area contributed by atoms with E-state index in [4.69, 9.17) is 9.47 Å². The summed E-state index contributed by atoms with van der Waals surface area (Å²) in [7, 11) is 0. The van der Waals surface area contributed by atoms with Crippen molar-refractivity contribution in [3.05, 3.63) is 6.29 Å². The van der Waals surface area contributed by atoms with Gasteiger partial charge in [0.25, 0.3) is 5.79 Å². The molecule has 0 spiro atoms. The van der Waals surface area contributed by atoms with E-state index in [-0.39, 0.29) is 12.2 Å². The molecule has 0 saturated carbocycles. The second-order valence-electron chi connectivity index (χ2n) is 5.23. The Morgan fingerprint density at radius 2 is 1.14 bits per heavy atom. The standard InChI is InChI=1S/C7H11F3O2.C6H11O2.2Rf/c1-4-5(2)12-6(3,11-4)7(8,9)10;1-4-5(2)8-6(3)7-4;;/h4-5H,1-3H3;4-5H,1-3H3;;/q;-1;;. The quantitative estimate of drug-likeness (QED) is 0.352. The molecule has 2 fully saturated rings. The number of halogens is 3. The van der Waals surface area contributed by atoms with Gasteiger partial charge in [-0.05, 0) is 34.6 Å². The first-order chi connectivity index (χ1) is 8.96. The smallest absolute Gasteiger partial charge is 0.442 e. The second kappa shape index (κ2) is 7.06. The first-order valence-electron chi connectivity index (χ1n) is 6.55. The van der Waals surface area contributed by atoms with Crippen LogP contribution in [0.2, 0.25) is 0 Å². The number of rotatable bonds is 0. The van der Waals surface area contributed by atoms with Gasteiger partial charge in [0.1, 0.15) is 0 Å². The van der Waals surface area contributed by atoms with E-state index in [0.29, 0.717) is 6.29 Å². The van der Waals surface area contributed by atoms with Crippen molar-refractivity contribution >= 4 is 0 Å². The number of ether oxygens (including phenoxy) is 4. The molecule has 4 nitrogen and oxygen atoms in total. The molecule has 0 aromatic rings. The Balaban J connectivity index is 0. The van der Waals surface area contributed by atoms with Crippen LogP contribution < -0.4 is 0 Å². The largest absolute Gasteiger partial charge is 0.518 e. The van der Waals surface area contributed by atoms with Gasteiger partial charge in [0.2, 0.25) is 0 Å². The molecule has 0 radical (unpaired) electrons. The molecule has 2 saturated heterocycles. The number of hydrogen-bond acceptors (Lipinski definition) is 4. The third-order valence-corrected chi connectivity index (χ3v) is 3.36. The summed E-state index contributed by atoms with van der Waals surface area (Å²) in [6.45, 7) is 9.85. The minimum atomic E-state index is -4.47. The molecule has 124 valence electrons. The van der Waals surface area contributed by atoms with Crippen LogP contribution in [0.25, 0.3) is 0 Å². The van der Waals surface area contributed by atoms with Gasteiger partial charge in [-0.2, -0.15) is 13.2 Å². The summed E-state index contributed by atoms with van der Waals surface area (Å²) in [5.41, 5.74) is 0. The molecule has 2 aliphatic rings. The molecule has 2 aliphatic heterocycles. The van der Waals surface area contributed by atoms with Crippen LogP contribution in [0.3, 0.4) is 0 Å². The van der Waals surface area contributed by atoms with E-state index in [0.717, 1.165) is 6.92 Å². The van der Waals surface area contributed by atoms with Crippen LogP contribution in [0.4, 0.5) is 13.2 Å². The van der Waals surface area contributed by atoms with Gasteiger partial charge in [0.15, 0.2) is 0 Å². The van der Waals surface area contributed by atoms with Crippen LogP contribution in [0, 0.1) is 6.29 Å². The van der Waals surface area contributed by atoms with Gasteiger partial charge >= 0.3 is 6.18 Å². The van der Waals surface area contributed by atoms with E-state index >= 15 is 0 Å². The van der Waals surface area contributed by atoms with Crippen LogP contribution in [0.15, 0.2) is 0 Å². The van der Waals surface area contributed by atoms with E-state index in [1.807, 2.05) is 20.8 Å². The average Bonchev–Trinajstić information content (AvgIpc) is 2.68. The fourth-order valence-electron chi connectivity index (χ4n) is 1.81. The Labute approximate surface area is 117 Å². The molecular weight excluding hydrogens is 811 g/mol. The Hall–Kier alpha value is -2.37. The van der Waals surface area contributed by atoms with Gasteiger partial charge < -0.3 is 18.9 Å². The van der Waals surface area contributed by atoms with Crippen molar-refractivity contribution in [2.45, 2.75) is 77.9 Å². The summed E-state index contributed by atoms with van der Waals surface area (Å²) < 4.78 is 56.4. The van der Waals surface area contributed by atoms with Crippen molar-refractivity contribution in [2.75, 3.05) is 0 Å². The minimum absolute atomic E-state index is 0. The Morgan fingerprint density at radius 3 is 1.27 bits per heavy atom. The Morgan fingerprint density at radius 1 is 0.818 bits per heavy atom. The Bertz CT molecular complexity index is 311. The van der Waals surface area contributed by atoms with Crippen LogP contribution in [-0.2, 0) is 18.9 Å². The third kappa shape index (κ3) is 4.58. The Kier molecular flexibility index (Phi) is 7.04. The maximum absolute atomic E-state index is 12.2. The summed E-state index contributed by atoms with van der Waals surface area (Å²) in [6.07, 6.45) is -4.34. The summed E-state index contributed by atoms with van der Waals surface area (Å²) in [6, 6.07) is 0. The van der Waals surface area contributed by atoms with Crippen molar-refractivity contribution < 1.29 is 32.1 Å². The van der Waals surface area contributed by atoms with Crippen molar-refractivity contribution in [1.29, 1.82) is 0 Å². The predicted molar refractivity (Wildman–Crippen MR) is 65.6 cm³/mol. The predicted octanol–water partition coefficient (Wildman–Crippen LogP) is 3.41. The van der Waals surface area contributed by atoms with Crippen molar-refractivity contribution in [3.8, 4) is 0 Å². The molecule has 4 atom stereocenters. The molecule has 22 heavy (non-hydrogen) atoms. The first kappa shape index (κ1) is 21.9. The molecule has 0 N–H and O–H groups in total. The molecule has 0 bridgehead atoms. The zero-order valence-corrected chi connectivity index (χ0v) is 26.8. The van der Waals surface area contributed by atoms with Gasteiger partial charge in [-0.3, -0.25) is 0 Å². The van der Waals surface area contributed by atoms with Crippen molar-refractivity contribution in [1.82, 2.24) is 0 Å². The fraction of sp³-hybridized carbons (Fsp3) is 0.923. The maximum atomic E-state index is 12.2. The fourth-order valence-corrected chi connectivity index (χ4v) is 1.81. The molecule has 0 amide bonds. The van der Waals surface area contributed by atoms with E-state index in [1.54, 1.807) is 13.8 Å². The average molecular weight is 833 g/mol. The zero-order valence-electron chi connectivity index (χ0n) is 14.0. The van der Waals surface area contributed by atoms with Gasteiger partial charge in [-0.15, -0.1) is 6.92 Å². The summed E-state index contributed by atoms with van der Waals surface area (Å²) in [5, 5.41) is 0. The third-order valence-electron chi connectivity index (χ3n) is 3.36. The van der Waals surface area contributed by atoms with Gasteiger partial charge in [0, 0.05) is 12.2 Å². The number of alkyl halides is 3. The van der Waals surface area contributed by atoms with Gasteiger partial charge in [-0.25, -0.2) is 0 Å².